The molecule has 6 nitrogen and oxygen atoms in total. The molecule has 4 rings (SSSR count). The molecule has 1 fully saturated rings. The number of aryl methyl sites for hydroxylation is 1. The van der Waals surface area contributed by atoms with E-state index in [0.29, 0.717) is 32.7 Å². The molecular weight excluding hydrogens is 342 g/mol. The Morgan fingerprint density at radius 1 is 1.26 bits per heavy atom. The number of hydrogen-bond acceptors (Lipinski definition) is 4. The Kier molecular flexibility index (Phi) is 5.43. The minimum Gasteiger partial charge on any atom is -0.497 e. The first-order valence-electron chi connectivity index (χ1n) is 9.80. The second kappa shape index (κ2) is 8.13. The Hall–Kier alpha value is -2.34. The molecule has 27 heavy (non-hydrogen) atoms. The van der Waals surface area contributed by atoms with Crippen molar-refractivity contribution in [1.29, 1.82) is 0 Å². The Bertz CT molecular complexity index is 796. The maximum Gasteiger partial charge on any atom is 0.223 e. The molecule has 1 unspecified atom stereocenters. The Labute approximate surface area is 160 Å². The number of imidazole rings is 1. The van der Waals surface area contributed by atoms with Gasteiger partial charge in [0, 0.05) is 50.3 Å². The summed E-state index contributed by atoms with van der Waals surface area (Å²) in [6, 6.07) is 8.06. The number of hydrogen-bond donors (Lipinski definition) is 0. The van der Waals surface area contributed by atoms with E-state index in [-0.39, 0.29) is 11.8 Å². The molecule has 1 amide bonds. The molecule has 1 aromatic heterocycles. The minimum absolute atomic E-state index is 0.0187. The number of carbonyl (C=O) groups is 1. The van der Waals surface area contributed by atoms with Crippen LogP contribution in [0.25, 0.3) is 0 Å². The lowest BCUT2D eigenvalue weighted by molar-refractivity contribution is -0.135. The summed E-state index contributed by atoms with van der Waals surface area (Å²) in [7, 11) is 1.67. The van der Waals surface area contributed by atoms with E-state index in [0.717, 1.165) is 35.8 Å². The van der Waals surface area contributed by atoms with Gasteiger partial charge in [0.2, 0.25) is 5.91 Å². The van der Waals surface area contributed by atoms with Crippen LogP contribution in [0.5, 0.6) is 5.75 Å². The lowest BCUT2D eigenvalue weighted by Crippen LogP contribution is -2.41. The lowest BCUT2D eigenvalue weighted by atomic mass is 9.91. The van der Waals surface area contributed by atoms with Gasteiger partial charge in [0.15, 0.2) is 0 Å². The number of rotatable bonds is 5. The topological polar surface area (TPSA) is 56.6 Å². The first kappa shape index (κ1) is 18.0. The molecule has 144 valence electrons. The van der Waals surface area contributed by atoms with Gasteiger partial charge in [-0.2, -0.15) is 0 Å². The number of nitrogens with zero attached hydrogens (tertiary/aromatic N) is 3. The highest BCUT2D eigenvalue weighted by Crippen LogP contribution is 2.33. The maximum absolute atomic E-state index is 13.0. The van der Waals surface area contributed by atoms with Gasteiger partial charge in [0.05, 0.1) is 20.3 Å². The quantitative estimate of drug-likeness (QED) is 0.813. The first-order chi connectivity index (χ1) is 13.3. The van der Waals surface area contributed by atoms with E-state index >= 15 is 0 Å². The monoisotopic (exact) mass is 369 g/mol. The van der Waals surface area contributed by atoms with Gasteiger partial charge < -0.3 is 18.9 Å². The molecule has 0 radical (unpaired) electrons. The van der Waals surface area contributed by atoms with Crippen LogP contribution in [0.15, 0.2) is 30.5 Å². The van der Waals surface area contributed by atoms with E-state index in [2.05, 4.69) is 15.6 Å². The summed E-state index contributed by atoms with van der Waals surface area (Å²) in [5, 5.41) is 0. The zero-order valence-electron chi connectivity index (χ0n) is 15.9. The third-order valence-electron chi connectivity index (χ3n) is 5.60. The smallest absolute Gasteiger partial charge is 0.223 e. The van der Waals surface area contributed by atoms with Crippen LogP contribution in [0.2, 0.25) is 0 Å². The highest BCUT2D eigenvalue weighted by Gasteiger charge is 2.27. The van der Waals surface area contributed by atoms with Crippen LogP contribution in [0.1, 0.15) is 42.3 Å². The van der Waals surface area contributed by atoms with Crippen molar-refractivity contribution in [1.82, 2.24) is 14.5 Å². The van der Waals surface area contributed by atoms with Crippen molar-refractivity contribution < 1.29 is 14.3 Å². The van der Waals surface area contributed by atoms with Gasteiger partial charge in [-0.25, -0.2) is 4.98 Å². The summed E-state index contributed by atoms with van der Waals surface area (Å²) in [5.41, 5.74) is 2.24. The molecule has 1 saturated heterocycles. The summed E-state index contributed by atoms with van der Waals surface area (Å²) in [6.45, 7) is 3.58. The van der Waals surface area contributed by atoms with E-state index in [1.165, 1.54) is 12.8 Å². The fraction of sp³-hybridized carbons (Fsp3) is 0.524. The zero-order chi connectivity index (χ0) is 18.6. The predicted octanol–water partition coefficient (Wildman–Crippen LogP) is 2.61. The normalized spacial score (nSPS) is 18.0. The van der Waals surface area contributed by atoms with E-state index in [9.17, 15) is 4.79 Å². The van der Waals surface area contributed by atoms with Crippen LogP contribution < -0.4 is 4.74 Å². The summed E-state index contributed by atoms with van der Waals surface area (Å²) in [5.74, 6) is 2.12. The molecule has 0 saturated carbocycles. The van der Waals surface area contributed by atoms with Crippen molar-refractivity contribution in [3.63, 3.8) is 0 Å². The van der Waals surface area contributed by atoms with Gasteiger partial charge in [-0.05, 0) is 30.5 Å². The standard InChI is InChI=1S/C21H27N3O3/c1-26-17-6-4-5-16(13-17)18(14-21(25)23-9-11-27-12-10-23)19-15-22-20-7-2-3-8-24(19)20/h4-6,13,15,18H,2-3,7-12,14H2,1H3. The number of morpholine rings is 1. The van der Waals surface area contributed by atoms with Gasteiger partial charge in [0.1, 0.15) is 11.6 Å². The second-order valence-corrected chi connectivity index (χ2v) is 7.23. The van der Waals surface area contributed by atoms with Crippen LogP contribution in [0.4, 0.5) is 0 Å². The van der Waals surface area contributed by atoms with E-state index in [1.54, 1.807) is 7.11 Å². The molecule has 2 aromatic rings. The molecule has 0 bridgehead atoms. The SMILES string of the molecule is COc1cccc(C(CC(=O)N2CCOCC2)c2cnc3n2CCCC3)c1. The minimum atomic E-state index is -0.0187. The molecule has 2 aliphatic heterocycles. The Morgan fingerprint density at radius 2 is 2.11 bits per heavy atom. The van der Waals surface area contributed by atoms with Gasteiger partial charge in [0.25, 0.3) is 0 Å². The van der Waals surface area contributed by atoms with Gasteiger partial charge in [-0.3, -0.25) is 4.79 Å². The van der Waals surface area contributed by atoms with E-state index < -0.39 is 0 Å². The van der Waals surface area contributed by atoms with Crippen molar-refractivity contribution in [3.05, 3.63) is 47.5 Å². The molecular formula is C21H27N3O3. The van der Waals surface area contributed by atoms with Crippen LogP contribution >= 0.6 is 0 Å². The molecule has 3 heterocycles. The molecule has 6 heteroatoms. The fourth-order valence-corrected chi connectivity index (χ4v) is 4.09. The number of ether oxygens (including phenoxy) is 2. The van der Waals surface area contributed by atoms with E-state index in [1.807, 2.05) is 29.3 Å². The van der Waals surface area contributed by atoms with Gasteiger partial charge >= 0.3 is 0 Å². The van der Waals surface area contributed by atoms with Crippen molar-refractivity contribution in [2.45, 2.75) is 38.1 Å². The number of methoxy groups -OCH3 is 1. The summed E-state index contributed by atoms with van der Waals surface area (Å²) < 4.78 is 13.1. The molecule has 0 N–H and O–H groups in total. The Balaban J connectivity index is 1.66. The second-order valence-electron chi connectivity index (χ2n) is 7.23. The van der Waals surface area contributed by atoms with Crippen LogP contribution in [-0.4, -0.2) is 53.8 Å². The van der Waals surface area contributed by atoms with Gasteiger partial charge in [-0.1, -0.05) is 12.1 Å². The van der Waals surface area contributed by atoms with Crippen LogP contribution in [0, 0.1) is 0 Å². The lowest BCUT2D eigenvalue weighted by Gasteiger charge is -2.29. The third kappa shape index (κ3) is 3.86. The van der Waals surface area contributed by atoms with Crippen LogP contribution in [0.3, 0.4) is 0 Å². The highest BCUT2D eigenvalue weighted by molar-refractivity contribution is 5.77. The van der Waals surface area contributed by atoms with Crippen molar-refractivity contribution in [2.24, 2.45) is 0 Å². The highest BCUT2D eigenvalue weighted by atomic mass is 16.5. The molecule has 2 aliphatic rings. The van der Waals surface area contributed by atoms with E-state index in [4.69, 9.17) is 9.47 Å². The molecule has 0 spiro atoms. The number of benzene rings is 1. The summed E-state index contributed by atoms with van der Waals surface area (Å²) >= 11 is 0. The summed E-state index contributed by atoms with van der Waals surface area (Å²) in [6.07, 6.45) is 5.78. The van der Waals surface area contributed by atoms with Crippen LogP contribution in [-0.2, 0) is 22.5 Å². The molecule has 0 aliphatic carbocycles. The average molecular weight is 369 g/mol. The first-order valence-corrected chi connectivity index (χ1v) is 9.80. The van der Waals surface area contributed by atoms with Crippen molar-refractivity contribution in [3.8, 4) is 5.75 Å². The number of aromatic nitrogens is 2. The Morgan fingerprint density at radius 3 is 2.93 bits per heavy atom. The number of carbonyl (C=O) groups excluding carboxylic acids is 1. The maximum atomic E-state index is 13.0. The molecule has 1 atom stereocenters. The van der Waals surface area contributed by atoms with Crippen molar-refractivity contribution >= 4 is 5.91 Å². The number of fused-ring (bicyclic) bond motifs is 1. The summed E-state index contributed by atoms with van der Waals surface area (Å²) in [4.78, 5) is 19.6. The van der Waals surface area contributed by atoms with Gasteiger partial charge in [-0.15, -0.1) is 0 Å². The molecule has 1 aromatic carbocycles. The average Bonchev–Trinajstić information content (AvgIpc) is 3.16. The largest absolute Gasteiger partial charge is 0.497 e. The van der Waals surface area contributed by atoms with Crippen molar-refractivity contribution in [2.75, 3.05) is 33.4 Å². The zero-order valence-corrected chi connectivity index (χ0v) is 15.9. The number of amides is 1. The fourth-order valence-electron chi connectivity index (χ4n) is 4.09. The third-order valence-corrected chi connectivity index (χ3v) is 5.60. The predicted molar refractivity (Wildman–Crippen MR) is 102 cm³/mol.